The average molecular weight is 617 g/mol. The van der Waals surface area contributed by atoms with Crippen LogP contribution in [0.1, 0.15) is 0 Å². The average Bonchev–Trinajstić information content (AvgIpc) is 3.66. The van der Waals surface area contributed by atoms with Crippen LogP contribution in [0.3, 0.4) is 0 Å². The molecule has 0 radical (unpaired) electrons. The quantitative estimate of drug-likeness (QED) is 0.163. The fraction of sp³-hybridized carbons (Fsp3) is 0. The molecule has 0 fully saturated rings. The maximum atomic E-state index is 2.63. The Hall–Kier alpha value is -6.32. The van der Waals surface area contributed by atoms with Gasteiger partial charge in [0, 0.05) is 38.4 Å². The van der Waals surface area contributed by atoms with Crippen LogP contribution in [-0.4, -0.2) is 15.8 Å². The van der Waals surface area contributed by atoms with Gasteiger partial charge < -0.3 is 9.13 Å². The fourth-order valence-electron chi connectivity index (χ4n) is 10.0. The molecule has 2 aliphatic heterocycles. The van der Waals surface area contributed by atoms with Gasteiger partial charge in [-0.2, -0.15) is 0 Å². The highest BCUT2D eigenvalue weighted by Gasteiger charge is 2.42. The third-order valence-corrected chi connectivity index (χ3v) is 11.8. The first-order valence-electron chi connectivity index (χ1n) is 17.2. The lowest BCUT2D eigenvalue weighted by atomic mass is 9.34. The first kappa shape index (κ1) is 24.8. The van der Waals surface area contributed by atoms with Gasteiger partial charge in [0.15, 0.2) is 0 Å². The van der Waals surface area contributed by atoms with Crippen molar-refractivity contribution in [2.75, 3.05) is 0 Å². The summed E-state index contributed by atoms with van der Waals surface area (Å²) in [7, 11) is 0. The molecule has 49 heavy (non-hydrogen) atoms. The van der Waals surface area contributed by atoms with Crippen LogP contribution < -0.4 is 16.4 Å². The number of para-hydroxylation sites is 2. The van der Waals surface area contributed by atoms with Crippen molar-refractivity contribution in [3.63, 3.8) is 0 Å². The fourth-order valence-corrected chi connectivity index (χ4v) is 10.0. The summed E-state index contributed by atoms with van der Waals surface area (Å²) in [5.74, 6) is 0. The zero-order valence-electron chi connectivity index (χ0n) is 26.4. The van der Waals surface area contributed by atoms with E-state index in [9.17, 15) is 0 Å². The van der Waals surface area contributed by atoms with Crippen LogP contribution >= 0.6 is 0 Å². The van der Waals surface area contributed by atoms with Crippen LogP contribution in [0.2, 0.25) is 0 Å². The molecule has 0 N–H and O–H groups in total. The van der Waals surface area contributed by atoms with Crippen LogP contribution in [0, 0.1) is 0 Å². The van der Waals surface area contributed by atoms with Gasteiger partial charge in [-0.25, -0.2) is 0 Å². The number of hydrogen-bond acceptors (Lipinski definition) is 0. The lowest BCUT2D eigenvalue weighted by Crippen LogP contribution is -2.59. The first-order valence-corrected chi connectivity index (χ1v) is 17.2. The molecule has 222 valence electrons. The Kier molecular flexibility index (Phi) is 4.25. The molecule has 4 heterocycles. The summed E-state index contributed by atoms with van der Waals surface area (Å²) < 4.78 is 5.20. The lowest BCUT2D eigenvalue weighted by Gasteiger charge is -2.34. The third kappa shape index (κ3) is 2.78. The van der Waals surface area contributed by atoms with Crippen LogP contribution in [0.15, 0.2) is 152 Å². The minimum atomic E-state index is 0.116. The van der Waals surface area contributed by atoms with Gasteiger partial charge in [0.05, 0.1) is 16.6 Å². The predicted octanol–water partition coefficient (Wildman–Crippen LogP) is 9.49. The molecule has 0 bridgehead atoms. The third-order valence-electron chi connectivity index (χ3n) is 11.8. The highest BCUT2D eigenvalue weighted by atomic mass is 15.0. The summed E-state index contributed by atoms with van der Waals surface area (Å²) in [6.07, 6.45) is 0. The Morgan fingerprint density at radius 1 is 0.388 bits per heavy atom. The summed E-state index contributed by atoms with van der Waals surface area (Å²) in [4.78, 5) is 0. The summed E-state index contributed by atoms with van der Waals surface area (Å²) in [6.45, 7) is 0.116. The Morgan fingerprint density at radius 2 is 1.06 bits per heavy atom. The van der Waals surface area contributed by atoms with E-state index in [1.807, 2.05) is 0 Å². The molecule has 0 atom stereocenters. The molecule has 1 aliphatic carbocycles. The van der Waals surface area contributed by atoms with Gasteiger partial charge in [0.25, 0.3) is 6.71 Å². The van der Waals surface area contributed by atoms with E-state index in [4.69, 9.17) is 0 Å². The number of hydrogen-bond donors (Lipinski definition) is 0. The largest absolute Gasteiger partial charge is 0.310 e. The number of fused-ring (bicyclic) bond motifs is 11. The topological polar surface area (TPSA) is 9.86 Å². The maximum absolute atomic E-state index is 2.63. The SMILES string of the molecule is c1ccc(-c2cc3c4c(c2)-n2c5ccc6cccc7c6c5c5c(ccc(c52)B4c2cccc4c5ccccc5n-3c24)-c2ccccc2-7)cc1. The van der Waals surface area contributed by atoms with Crippen molar-refractivity contribution in [1.29, 1.82) is 0 Å². The molecule has 10 aromatic rings. The summed E-state index contributed by atoms with van der Waals surface area (Å²) in [5, 5.41) is 8.04. The van der Waals surface area contributed by atoms with E-state index < -0.39 is 0 Å². The van der Waals surface area contributed by atoms with Gasteiger partial charge in [0.2, 0.25) is 0 Å². The molecule has 3 heteroatoms. The normalized spacial score (nSPS) is 13.3. The van der Waals surface area contributed by atoms with Crippen LogP contribution in [-0.2, 0) is 0 Å². The molecule has 0 unspecified atom stereocenters. The molecule has 0 saturated carbocycles. The van der Waals surface area contributed by atoms with Crippen molar-refractivity contribution < 1.29 is 0 Å². The molecule has 13 rings (SSSR count). The summed E-state index contributed by atoms with van der Waals surface area (Å²) in [5.41, 5.74) is 19.7. The minimum absolute atomic E-state index is 0.116. The summed E-state index contributed by atoms with van der Waals surface area (Å²) in [6, 6.07) is 57.2. The predicted molar refractivity (Wildman–Crippen MR) is 207 cm³/mol. The van der Waals surface area contributed by atoms with E-state index in [1.165, 1.54) is 116 Å². The minimum Gasteiger partial charge on any atom is -0.310 e. The monoisotopic (exact) mass is 616 g/mol. The lowest BCUT2D eigenvalue weighted by molar-refractivity contribution is 1.14. The summed E-state index contributed by atoms with van der Waals surface area (Å²) >= 11 is 0. The Labute approximate surface area is 282 Å². The Balaban J connectivity index is 1.30. The smallest absolute Gasteiger partial charge is 0.252 e. The molecule has 0 amide bonds. The van der Waals surface area contributed by atoms with E-state index in [2.05, 4.69) is 161 Å². The zero-order valence-corrected chi connectivity index (χ0v) is 26.4. The standard InChI is InChI=1S/C46H25BN2/c1-2-10-26(11-3-1)28-24-39-44-40(25-28)49-38-23-20-27-12-8-16-32-29-13-4-5-14-30(29)33-21-22-36(46(49)42(33)43(38)41(27)32)47(44)35-18-9-17-34-31-15-6-7-19-37(31)48(39)45(34)35/h1-25H. The first-order chi connectivity index (χ1) is 24.3. The Bertz CT molecular complexity index is 3160. The van der Waals surface area contributed by atoms with Crippen molar-refractivity contribution in [3.8, 4) is 44.8 Å². The van der Waals surface area contributed by atoms with E-state index in [0.717, 1.165) is 0 Å². The molecule has 0 saturated heterocycles. The second-order valence-electron chi connectivity index (χ2n) is 14.0. The molecule has 2 nitrogen and oxygen atoms in total. The van der Waals surface area contributed by atoms with Gasteiger partial charge in [-0.05, 0) is 84.8 Å². The maximum Gasteiger partial charge on any atom is 0.252 e. The van der Waals surface area contributed by atoms with Crippen LogP contribution in [0.25, 0.3) is 99.1 Å². The highest BCUT2D eigenvalue weighted by molar-refractivity contribution is 7.00. The van der Waals surface area contributed by atoms with Gasteiger partial charge in [-0.3, -0.25) is 0 Å². The van der Waals surface area contributed by atoms with Crippen molar-refractivity contribution in [2.24, 2.45) is 0 Å². The number of benzene rings is 8. The molecule has 8 aromatic carbocycles. The van der Waals surface area contributed by atoms with Gasteiger partial charge in [-0.1, -0.05) is 127 Å². The van der Waals surface area contributed by atoms with Gasteiger partial charge in [0.1, 0.15) is 0 Å². The van der Waals surface area contributed by atoms with E-state index in [0.29, 0.717) is 0 Å². The second-order valence-corrected chi connectivity index (χ2v) is 14.0. The van der Waals surface area contributed by atoms with Gasteiger partial charge >= 0.3 is 0 Å². The number of nitrogens with zero attached hydrogens (tertiary/aromatic N) is 2. The zero-order chi connectivity index (χ0) is 31.5. The van der Waals surface area contributed by atoms with Crippen molar-refractivity contribution >= 4 is 77.5 Å². The van der Waals surface area contributed by atoms with Gasteiger partial charge in [-0.15, -0.1) is 0 Å². The highest BCUT2D eigenvalue weighted by Crippen LogP contribution is 2.50. The Morgan fingerprint density at radius 3 is 1.92 bits per heavy atom. The van der Waals surface area contributed by atoms with Crippen molar-refractivity contribution in [3.05, 3.63) is 152 Å². The molecular formula is C46H25BN2. The number of rotatable bonds is 1. The molecule has 2 aromatic heterocycles. The number of aromatic nitrogens is 2. The second kappa shape index (κ2) is 8.39. The van der Waals surface area contributed by atoms with Crippen LogP contribution in [0.5, 0.6) is 0 Å². The molecule has 3 aliphatic rings. The molecule has 0 spiro atoms. The van der Waals surface area contributed by atoms with E-state index in [1.54, 1.807) is 0 Å². The van der Waals surface area contributed by atoms with Crippen LogP contribution in [0.4, 0.5) is 0 Å². The molecular weight excluding hydrogens is 591 g/mol. The van der Waals surface area contributed by atoms with Crippen molar-refractivity contribution in [1.82, 2.24) is 9.13 Å². The van der Waals surface area contributed by atoms with Crippen molar-refractivity contribution in [2.45, 2.75) is 0 Å². The van der Waals surface area contributed by atoms with E-state index in [-0.39, 0.29) is 6.71 Å². The van der Waals surface area contributed by atoms with E-state index >= 15 is 0 Å².